The molecular weight excluding hydrogens is 507 g/mol. The monoisotopic (exact) mass is 546 g/mol. The highest BCUT2D eigenvalue weighted by atomic mass is 15.2. The summed E-state index contributed by atoms with van der Waals surface area (Å²) in [7, 11) is 0. The van der Waals surface area contributed by atoms with Crippen LogP contribution in [0, 0.1) is 6.92 Å². The minimum Gasteiger partial charge on any atom is -0.311 e. The predicted octanol–water partition coefficient (Wildman–Crippen LogP) is 8.76. The third kappa shape index (κ3) is 4.52. The van der Waals surface area contributed by atoms with Gasteiger partial charge in [0.1, 0.15) is 0 Å². The van der Waals surface area contributed by atoms with Crippen molar-refractivity contribution in [3.05, 3.63) is 126 Å². The molecule has 0 aliphatic carbocycles. The summed E-state index contributed by atoms with van der Waals surface area (Å²) in [6.45, 7) is 6.97. The molecule has 0 radical (unpaired) electrons. The lowest BCUT2D eigenvalue weighted by Crippen LogP contribution is -2.61. The molecule has 0 fully saturated rings. The Balaban J connectivity index is 1.49. The Morgan fingerprint density at radius 1 is 0.524 bits per heavy atom. The summed E-state index contributed by atoms with van der Waals surface area (Å²) in [5.74, 6) is 0. The van der Waals surface area contributed by atoms with Crippen LogP contribution in [0.3, 0.4) is 0 Å². The van der Waals surface area contributed by atoms with Gasteiger partial charge in [0.15, 0.2) is 0 Å². The van der Waals surface area contributed by atoms with Gasteiger partial charge in [-0.05, 0) is 114 Å². The molecule has 0 saturated carbocycles. The number of unbranched alkanes of at least 4 members (excludes halogenated alkanes) is 2. The number of hydrogen-bond acceptors (Lipinski definition) is 2. The van der Waals surface area contributed by atoms with Gasteiger partial charge in [0, 0.05) is 34.1 Å². The van der Waals surface area contributed by atoms with Gasteiger partial charge in [-0.25, -0.2) is 0 Å². The number of fused-ring (bicyclic) bond motifs is 4. The summed E-state index contributed by atoms with van der Waals surface area (Å²) in [4.78, 5) is 5.01. The van der Waals surface area contributed by atoms with E-state index < -0.39 is 0 Å². The van der Waals surface area contributed by atoms with E-state index in [2.05, 4.69) is 140 Å². The number of rotatable bonds is 8. The van der Waals surface area contributed by atoms with Gasteiger partial charge in [0.2, 0.25) is 0 Å². The SMILES string of the molecule is CCCCc1ccc(N2c3ccc(CCCC)cc3B3c4ccccc4N(c4ccccc4)c4cc(C)cc2c43)cc1. The molecule has 7 rings (SSSR count). The van der Waals surface area contributed by atoms with Crippen molar-refractivity contribution >= 4 is 57.2 Å². The summed E-state index contributed by atoms with van der Waals surface area (Å²) in [6.07, 6.45) is 7.13. The zero-order valence-electron chi connectivity index (χ0n) is 25.1. The van der Waals surface area contributed by atoms with Crippen molar-refractivity contribution in [1.82, 2.24) is 0 Å². The Kier molecular flexibility index (Phi) is 7.11. The molecule has 2 aliphatic heterocycles. The van der Waals surface area contributed by atoms with Crippen molar-refractivity contribution in [1.29, 1.82) is 0 Å². The maximum absolute atomic E-state index is 2.53. The van der Waals surface area contributed by atoms with Crippen molar-refractivity contribution < 1.29 is 0 Å². The average Bonchev–Trinajstić information content (AvgIpc) is 3.03. The molecule has 2 aliphatic rings. The molecule has 0 spiro atoms. The van der Waals surface area contributed by atoms with Crippen LogP contribution in [0.2, 0.25) is 0 Å². The van der Waals surface area contributed by atoms with E-state index in [1.165, 1.54) is 92.9 Å². The molecule has 0 N–H and O–H groups in total. The van der Waals surface area contributed by atoms with Crippen LogP contribution in [0.25, 0.3) is 0 Å². The maximum atomic E-state index is 2.53. The molecule has 2 heterocycles. The van der Waals surface area contributed by atoms with Crippen molar-refractivity contribution in [3.8, 4) is 0 Å². The van der Waals surface area contributed by atoms with E-state index in [-0.39, 0.29) is 6.71 Å². The second kappa shape index (κ2) is 11.2. The van der Waals surface area contributed by atoms with Gasteiger partial charge in [-0.15, -0.1) is 0 Å². The Bertz CT molecular complexity index is 1720. The summed E-state index contributed by atoms with van der Waals surface area (Å²) < 4.78 is 0. The van der Waals surface area contributed by atoms with Crippen molar-refractivity contribution in [2.45, 2.75) is 59.3 Å². The molecule has 0 bridgehead atoms. The number of nitrogens with zero attached hydrogens (tertiary/aromatic N) is 2. The van der Waals surface area contributed by atoms with Crippen molar-refractivity contribution in [2.75, 3.05) is 9.80 Å². The molecule has 0 atom stereocenters. The lowest BCUT2D eigenvalue weighted by atomic mass is 9.33. The molecule has 2 nitrogen and oxygen atoms in total. The molecule has 3 heteroatoms. The second-order valence-corrected chi connectivity index (χ2v) is 12.0. The van der Waals surface area contributed by atoms with E-state index in [0.717, 1.165) is 12.8 Å². The molecular formula is C39H39BN2. The van der Waals surface area contributed by atoms with Crippen LogP contribution in [0.15, 0.2) is 109 Å². The fourth-order valence-corrected chi connectivity index (χ4v) is 7.00. The van der Waals surface area contributed by atoms with E-state index in [0.29, 0.717) is 0 Å². The average molecular weight is 547 g/mol. The standard InChI is InChI=1S/C39H39BN2/c1-4-6-13-29-19-22-32(23-20-29)42-36-24-21-30(14-7-5-2)27-34(36)40-33-17-11-12-18-35(33)41(31-15-9-8-10-16-31)37-25-28(3)26-38(42)39(37)40/h8-12,15-27H,4-7,13-14H2,1-3H3. The smallest absolute Gasteiger partial charge is 0.252 e. The van der Waals surface area contributed by atoms with Gasteiger partial charge >= 0.3 is 0 Å². The number of aryl methyl sites for hydroxylation is 3. The van der Waals surface area contributed by atoms with Gasteiger partial charge in [0.25, 0.3) is 6.71 Å². The van der Waals surface area contributed by atoms with Crippen LogP contribution in [-0.4, -0.2) is 6.71 Å². The Morgan fingerprint density at radius 2 is 1.10 bits per heavy atom. The lowest BCUT2D eigenvalue weighted by Gasteiger charge is -2.44. The third-order valence-electron chi connectivity index (χ3n) is 9.03. The normalized spacial score (nSPS) is 13.1. The van der Waals surface area contributed by atoms with Crippen LogP contribution in [-0.2, 0) is 12.8 Å². The molecule has 42 heavy (non-hydrogen) atoms. The number of benzene rings is 5. The van der Waals surface area contributed by atoms with Gasteiger partial charge in [-0.2, -0.15) is 0 Å². The zero-order chi connectivity index (χ0) is 28.6. The Labute approximate surface area is 251 Å². The van der Waals surface area contributed by atoms with Crippen LogP contribution in [0.1, 0.15) is 56.2 Å². The first-order chi connectivity index (χ1) is 20.7. The minimum atomic E-state index is 0.184. The van der Waals surface area contributed by atoms with E-state index >= 15 is 0 Å². The third-order valence-corrected chi connectivity index (χ3v) is 9.03. The van der Waals surface area contributed by atoms with Gasteiger partial charge in [-0.3, -0.25) is 0 Å². The van der Waals surface area contributed by atoms with E-state index in [1.807, 2.05) is 0 Å². The van der Waals surface area contributed by atoms with Gasteiger partial charge in [-0.1, -0.05) is 87.4 Å². The summed E-state index contributed by atoms with van der Waals surface area (Å²) in [5.41, 5.74) is 15.9. The van der Waals surface area contributed by atoms with Gasteiger partial charge < -0.3 is 9.80 Å². The molecule has 0 amide bonds. The summed E-state index contributed by atoms with van der Waals surface area (Å²) >= 11 is 0. The topological polar surface area (TPSA) is 6.48 Å². The molecule has 5 aromatic carbocycles. The van der Waals surface area contributed by atoms with Crippen molar-refractivity contribution in [2.24, 2.45) is 0 Å². The highest BCUT2D eigenvalue weighted by molar-refractivity contribution is 7.00. The maximum Gasteiger partial charge on any atom is 0.252 e. The van der Waals surface area contributed by atoms with Crippen LogP contribution >= 0.6 is 0 Å². The van der Waals surface area contributed by atoms with Gasteiger partial charge in [0.05, 0.1) is 0 Å². The zero-order valence-corrected chi connectivity index (χ0v) is 25.1. The number of hydrogen-bond donors (Lipinski definition) is 0. The van der Waals surface area contributed by atoms with Crippen LogP contribution in [0.4, 0.5) is 34.1 Å². The summed E-state index contributed by atoms with van der Waals surface area (Å²) in [6, 6.07) is 41.3. The fraction of sp³-hybridized carbons (Fsp3) is 0.231. The number of para-hydroxylation sites is 2. The molecule has 208 valence electrons. The highest BCUT2D eigenvalue weighted by Gasteiger charge is 2.43. The molecule has 5 aromatic rings. The minimum absolute atomic E-state index is 0.184. The first-order valence-corrected chi connectivity index (χ1v) is 15.8. The lowest BCUT2D eigenvalue weighted by molar-refractivity contribution is 0.795. The fourth-order valence-electron chi connectivity index (χ4n) is 7.00. The Hall–Kier alpha value is -4.24. The largest absolute Gasteiger partial charge is 0.311 e. The second-order valence-electron chi connectivity index (χ2n) is 12.0. The van der Waals surface area contributed by atoms with E-state index in [1.54, 1.807) is 0 Å². The van der Waals surface area contributed by atoms with E-state index in [4.69, 9.17) is 0 Å². The molecule has 0 unspecified atom stereocenters. The van der Waals surface area contributed by atoms with E-state index in [9.17, 15) is 0 Å². The van der Waals surface area contributed by atoms with Crippen molar-refractivity contribution in [3.63, 3.8) is 0 Å². The van der Waals surface area contributed by atoms with Crippen LogP contribution in [0.5, 0.6) is 0 Å². The summed E-state index contributed by atoms with van der Waals surface area (Å²) in [5, 5.41) is 0. The highest BCUT2D eigenvalue weighted by Crippen LogP contribution is 2.44. The van der Waals surface area contributed by atoms with Crippen LogP contribution < -0.4 is 26.2 Å². The quantitative estimate of drug-likeness (QED) is 0.176. The molecule has 0 saturated heterocycles. The molecule has 0 aromatic heterocycles. The predicted molar refractivity (Wildman–Crippen MR) is 182 cm³/mol. The number of anilines is 6. The Morgan fingerprint density at radius 3 is 1.79 bits per heavy atom. The first-order valence-electron chi connectivity index (χ1n) is 15.8. The first kappa shape index (κ1) is 26.7.